The van der Waals surface area contributed by atoms with E-state index in [0.29, 0.717) is 5.16 Å². The fourth-order valence-corrected chi connectivity index (χ4v) is 4.11. The van der Waals surface area contributed by atoms with Gasteiger partial charge in [-0.15, -0.1) is 10.2 Å². The summed E-state index contributed by atoms with van der Waals surface area (Å²) in [7, 11) is 0. The van der Waals surface area contributed by atoms with Crippen molar-refractivity contribution in [1.29, 1.82) is 5.26 Å². The summed E-state index contributed by atoms with van der Waals surface area (Å²) in [5.41, 5.74) is 1.25. The minimum absolute atomic E-state index is 0.00151. The molecule has 1 N–H and O–H groups in total. The third kappa shape index (κ3) is 4.62. The van der Waals surface area contributed by atoms with E-state index in [1.54, 1.807) is 6.92 Å². The second-order valence-corrected chi connectivity index (χ2v) is 9.67. The van der Waals surface area contributed by atoms with E-state index in [-0.39, 0.29) is 11.8 Å². The first-order valence-corrected chi connectivity index (χ1v) is 11.3. The summed E-state index contributed by atoms with van der Waals surface area (Å²) >= 11 is 1.36. The smallest absolute Gasteiger partial charge is 0.234 e. The lowest BCUT2D eigenvalue weighted by Gasteiger charge is -2.28. The number of aromatic nitrogens is 3. The molecule has 1 aliphatic heterocycles. The SMILES string of the molecule is Cc1ccc(-n2c(SC(C)C(=O)NC(C)(C#N)C(C)C)nnc2N2CCCC2)cc1. The van der Waals surface area contributed by atoms with Crippen LogP contribution < -0.4 is 10.2 Å². The molecule has 1 saturated heterocycles. The molecule has 2 aromatic rings. The molecule has 1 amide bonds. The molecule has 1 aromatic carbocycles. The number of aryl methyl sites for hydroxylation is 1. The molecule has 30 heavy (non-hydrogen) atoms. The Morgan fingerprint density at radius 1 is 1.20 bits per heavy atom. The monoisotopic (exact) mass is 426 g/mol. The van der Waals surface area contributed by atoms with Crippen molar-refractivity contribution >= 4 is 23.6 Å². The van der Waals surface area contributed by atoms with Crippen molar-refractivity contribution in [3.8, 4) is 11.8 Å². The Hall–Kier alpha value is -2.53. The van der Waals surface area contributed by atoms with Crippen LogP contribution in [0.1, 0.15) is 46.1 Å². The van der Waals surface area contributed by atoms with Crippen LogP contribution in [0.2, 0.25) is 0 Å². The number of nitriles is 1. The average Bonchev–Trinajstić information content (AvgIpc) is 3.38. The van der Waals surface area contributed by atoms with Crippen molar-refractivity contribution in [1.82, 2.24) is 20.1 Å². The number of benzene rings is 1. The second-order valence-electron chi connectivity index (χ2n) is 8.37. The van der Waals surface area contributed by atoms with E-state index < -0.39 is 10.8 Å². The van der Waals surface area contributed by atoms with E-state index >= 15 is 0 Å². The quantitative estimate of drug-likeness (QED) is 0.679. The molecule has 0 spiro atoms. The summed E-state index contributed by atoms with van der Waals surface area (Å²) in [4.78, 5) is 15.1. The van der Waals surface area contributed by atoms with Crippen LogP contribution in [0.3, 0.4) is 0 Å². The van der Waals surface area contributed by atoms with E-state index in [4.69, 9.17) is 0 Å². The molecule has 3 rings (SSSR count). The third-order valence-electron chi connectivity index (χ3n) is 5.72. The average molecular weight is 427 g/mol. The Morgan fingerprint density at radius 3 is 2.40 bits per heavy atom. The number of hydrogen-bond acceptors (Lipinski definition) is 6. The fraction of sp³-hybridized carbons (Fsp3) is 0.545. The van der Waals surface area contributed by atoms with Gasteiger partial charge < -0.3 is 10.2 Å². The summed E-state index contributed by atoms with van der Waals surface area (Å²) in [5, 5.41) is 21.6. The maximum atomic E-state index is 12.8. The molecule has 2 unspecified atom stereocenters. The molecule has 0 saturated carbocycles. The molecule has 2 atom stereocenters. The van der Waals surface area contributed by atoms with Crippen LogP contribution in [0.15, 0.2) is 29.4 Å². The first-order chi connectivity index (χ1) is 14.2. The van der Waals surface area contributed by atoms with E-state index in [2.05, 4.69) is 57.7 Å². The van der Waals surface area contributed by atoms with Gasteiger partial charge in [0.05, 0.1) is 17.0 Å². The molecule has 0 aliphatic carbocycles. The molecule has 7 nitrogen and oxygen atoms in total. The largest absolute Gasteiger partial charge is 0.341 e. The zero-order valence-electron chi connectivity index (χ0n) is 18.3. The van der Waals surface area contributed by atoms with Gasteiger partial charge in [-0.3, -0.25) is 9.36 Å². The predicted octanol–water partition coefficient (Wildman–Crippen LogP) is 3.71. The van der Waals surface area contributed by atoms with Crippen molar-refractivity contribution in [2.75, 3.05) is 18.0 Å². The van der Waals surface area contributed by atoms with Crippen LogP contribution in [-0.4, -0.2) is 44.6 Å². The van der Waals surface area contributed by atoms with Gasteiger partial charge in [0.1, 0.15) is 5.54 Å². The van der Waals surface area contributed by atoms with Crippen LogP contribution in [0, 0.1) is 24.2 Å². The van der Waals surface area contributed by atoms with Crippen LogP contribution in [0.4, 0.5) is 5.95 Å². The minimum Gasteiger partial charge on any atom is -0.341 e. The molecule has 8 heteroatoms. The van der Waals surface area contributed by atoms with Gasteiger partial charge in [-0.25, -0.2) is 0 Å². The topological polar surface area (TPSA) is 86.8 Å². The maximum absolute atomic E-state index is 12.8. The fourth-order valence-electron chi connectivity index (χ4n) is 3.25. The molecule has 160 valence electrons. The van der Waals surface area contributed by atoms with Crippen molar-refractivity contribution < 1.29 is 4.79 Å². The van der Waals surface area contributed by atoms with Crippen LogP contribution in [0.5, 0.6) is 0 Å². The number of nitrogens with zero attached hydrogens (tertiary/aromatic N) is 5. The molecule has 0 radical (unpaired) electrons. The second kappa shape index (κ2) is 9.09. The summed E-state index contributed by atoms with van der Waals surface area (Å²) in [5.74, 6) is 0.635. The van der Waals surface area contributed by atoms with E-state index in [0.717, 1.165) is 37.6 Å². The Kier molecular flexibility index (Phi) is 6.71. The highest BCUT2D eigenvalue weighted by Crippen LogP contribution is 2.31. The molecular weight excluding hydrogens is 396 g/mol. The van der Waals surface area contributed by atoms with Gasteiger partial charge >= 0.3 is 0 Å². The van der Waals surface area contributed by atoms with Crippen molar-refractivity contribution in [3.63, 3.8) is 0 Å². The van der Waals surface area contributed by atoms with E-state index in [1.165, 1.54) is 17.3 Å². The molecule has 2 heterocycles. The van der Waals surface area contributed by atoms with Gasteiger partial charge in [0.2, 0.25) is 11.9 Å². The highest BCUT2D eigenvalue weighted by Gasteiger charge is 2.33. The summed E-state index contributed by atoms with van der Waals surface area (Å²) in [6.45, 7) is 11.4. The molecule has 1 aromatic heterocycles. The van der Waals surface area contributed by atoms with E-state index in [1.807, 2.05) is 25.3 Å². The number of carbonyl (C=O) groups excluding carboxylic acids is 1. The van der Waals surface area contributed by atoms with Gasteiger partial charge in [-0.2, -0.15) is 5.26 Å². The van der Waals surface area contributed by atoms with Gasteiger partial charge in [0.15, 0.2) is 5.16 Å². The zero-order valence-corrected chi connectivity index (χ0v) is 19.2. The first-order valence-electron chi connectivity index (χ1n) is 10.4. The van der Waals surface area contributed by atoms with E-state index in [9.17, 15) is 10.1 Å². The minimum atomic E-state index is -0.906. The van der Waals surface area contributed by atoms with Gasteiger partial charge in [0, 0.05) is 13.1 Å². The Labute approximate surface area is 182 Å². The van der Waals surface area contributed by atoms with Crippen LogP contribution in [0.25, 0.3) is 5.69 Å². The zero-order chi connectivity index (χ0) is 21.9. The summed E-state index contributed by atoms with van der Waals surface area (Å²) < 4.78 is 2.03. The molecular formula is C22H30N6OS. The summed E-state index contributed by atoms with van der Waals surface area (Å²) in [6.07, 6.45) is 2.29. The number of rotatable bonds is 7. The number of amides is 1. The Bertz CT molecular complexity index is 926. The van der Waals surface area contributed by atoms with Gasteiger partial charge in [0.25, 0.3) is 0 Å². The standard InChI is InChI=1S/C22H30N6OS/c1-15(2)22(5,14-23)24-19(29)17(4)30-21-26-25-20(27-12-6-7-13-27)28(21)18-10-8-16(3)9-11-18/h8-11,15,17H,6-7,12-13H2,1-5H3,(H,24,29). The van der Waals surface area contributed by atoms with Gasteiger partial charge in [-0.1, -0.05) is 43.3 Å². The lowest BCUT2D eigenvalue weighted by Crippen LogP contribution is -2.51. The van der Waals surface area contributed by atoms with Crippen molar-refractivity contribution in [2.45, 2.75) is 63.4 Å². The lowest BCUT2D eigenvalue weighted by atomic mass is 9.90. The number of thioether (sulfide) groups is 1. The number of carbonyl (C=O) groups is 1. The van der Waals surface area contributed by atoms with Crippen molar-refractivity contribution in [3.05, 3.63) is 29.8 Å². The van der Waals surface area contributed by atoms with Crippen LogP contribution in [-0.2, 0) is 4.79 Å². The number of nitrogens with one attached hydrogen (secondary N) is 1. The summed E-state index contributed by atoms with van der Waals surface area (Å²) in [6, 6.07) is 10.5. The normalized spacial score (nSPS) is 16.9. The van der Waals surface area contributed by atoms with Gasteiger partial charge in [-0.05, 0) is 51.7 Å². The Morgan fingerprint density at radius 2 is 1.83 bits per heavy atom. The first kappa shape index (κ1) is 22.2. The lowest BCUT2D eigenvalue weighted by molar-refractivity contribution is -0.121. The highest BCUT2D eigenvalue weighted by molar-refractivity contribution is 8.00. The molecule has 1 fully saturated rings. The number of anilines is 1. The molecule has 1 aliphatic rings. The third-order valence-corrected chi connectivity index (χ3v) is 6.76. The Balaban J connectivity index is 1.87. The number of hydrogen-bond donors (Lipinski definition) is 1. The predicted molar refractivity (Wildman–Crippen MR) is 120 cm³/mol. The molecule has 0 bridgehead atoms. The van der Waals surface area contributed by atoms with Crippen LogP contribution >= 0.6 is 11.8 Å². The van der Waals surface area contributed by atoms with Crippen molar-refractivity contribution in [2.24, 2.45) is 5.92 Å². The maximum Gasteiger partial charge on any atom is 0.234 e. The highest BCUT2D eigenvalue weighted by atomic mass is 32.2.